The van der Waals surface area contributed by atoms with Gasteiger partial charge in [-0.15, -0.1) is 0 Å². The normalized spacial score (nSPS) is 11.5. The molecule has 9 heteroatoms. The largest absolute Gasteiger partial charge is 0.480 e. The second-order valence-corrected chi connectivity index (χ2v) is 7.41. The number of nitrogens with zero attached hydrogens (tertiary/aromatic N) is 4. The molecule has 0 atom stereocenters. The molecular weight excluding hydrogens is 320 g/mol. The molecule has 2 aromatic rings. The average molecular weight is 340 g/mol. The third kappa shape index (κ3) is 3.98. The molecule has 0 aliphatic heterocycles. The number of hydrogen-bond donors (Lipinski definition) is 0. The summed E-state index contributed by atoms with van der Waals surface area (Å²) < 4.78 is 35.1. The number of ether oxygens (including phenoxy) is 2. The molecule has 0 aromatic carbocycles. The monoisotopic (exact) mass is 340 g/mol. The predicted molar refractivity (Wildman–Crippen MR) is 85.4 cm³/mol. The highest BCUT2D eigenvalue weighted by Crippen LogP contribution is 2.29. The van der Waals surface area contributed by atoms with Crippen LogP contribution in [0.3, 0.4) is 0 Å². The van der Waals surface area contributed by atoms with Gasteiger partial charge >= 0.3 is 6.01 Å². The third-order valence-corrected chi connectivity index (χ3v) is 5.06. The van der Waals surface area contributed by atoms with Crippen LogP contribution in [0, 0.1) is 6.92 Å². The summed E-state index contributed by atoms with van der Waals surface area (Å²) in [5, 5.41) is 4.43. The Morgan fingerprint density at radius 1 is 1.26 bits per heavy atom. The van der Waals surface area contributed by atoms with Gasteiger partial charge in [0, 0.05) is 18.1 Å². The highest BCUT2D eigenvalue weighted by atomic mass is 32.2. The van der Waals surface area contributed by atoms with Gasteiger partial charge in [0.05, 0.1) is 32.1 Å². The van der Waals surface area contributed by atoms with Crippen LogP contribution in [0.5, 0.6) is 11.9 Å². The maximum absolute atomic E-state index is 11.6. The minimum Gasteiger partial charge on any atom is -0.480 e. The van der Waals surface area contributed by atoms with Crippen LogP contribution >= 0.6 is 0 Å². The summed E-state index contributed by atoms with van der Waals surface area (Å²) in [5.41, 5.74) is 2.16. The van der Waals surface area contributed by atoms with Crippen LogP contribution in [0.1, 0.15) is 12.5 Å². The molecule has 2 rings (SSSR count). The van der Waals surface area contributed by atoms with Gasteiger partial charge in [-0.25, -0.2) is 13.4 Å². The summed E-state index contributed by atoms with van der Waals surface area (Å²) in [5.74, 6) is 0.534. The third-order valence-electron chi connectivity index (χ3n) is 3.38. The number of sulfone groups is 1. The van der Waals surface area contributed by atoms with Crippen LogP contribution in [0.4, 0.5) is 0 Å². The molecule has 0 aliphatic carbocycles. The van der Waals surface area contributed by atoms with E-state index in [1.54, 1.807) is 24.0 Å². The van der Waals surface area contributed by atoms with Crippen LogP contribution < -0.4 is 9.47 Å². The zero-order valence-corrected chi connectivity index (χ0v) is 14.4. The molecule has 0 aliphatic rings. The molecule has 0 unspecified atom stereocenters. The summed E-state index contributed by atoms with van der Waals surface area (Å²) >= 11 is 0. The van der Waals surface area contributed by atoms with Gasteiger partial charge < -0.3 is 9.47 Å². The van der Waals surface area contributed by atoms with E-state index in [0.717, 1.165) is 5.56 Å². The van der Waals surface area contributed by atoms with Gasteiger partial charge in [-0.2, -0.15) is 10.1 Å². The van der Waals surface area contributed by atoms with Gasteiger partial charge in [0.15, 0.2) is 9.84 Å². The minimum atomic E-state index is -3.03. The molecule has 2 aromatic heterocycles. The molecule has 0 saturated heterocycles. The zero-order chi connectivity index (χ0) is 17.0. The molecule has 0 bridgehead atoms. The van der Waals surface area contributed by atoms with E-state index < -0.39 is 9.84 Å². The van der Waals surface area contributed by atoms with Gasteiger partial charge in [0.2, 0.25) is 5.88 Å². The Balaban J connectivity index is 2.31. The lowest BCUT2D eigenvalue weighted by Crippen LogP contribution is -2.14. The molecule has 8 nitrogen and oxygen atoms in total. The molecule has 0 radical (unpaired) electrons. The van der Waals surface area contributed by atoms with Crippen LogP contribution in [-0.2, 0) is 16.4 Å². The van der Waals surface area contributed by atoms with Gasteiger partial charge in [-0.05, 0) is 12.5 Å². The van der Waals surface area contributed by atoms with E-state index in [1.165, 1.54) is 14.2 Å². The fourth-order valence-corrected chi connectivity index (χ4v) is 2.80. The Kier molecular flexibility index (Phi) is 5.19. The van der Waals surface area contributed by atoms with Crippen molar-refractivity contribution in [3.05, 3.63) is 18.0 Å². The van der Waals surface area contributed by atoms with E-state index in [-0.39, 0.29) is 17.5 Å². The van der Waals surface area contributed by atoms with Crippen LogP contribution in [-0.4, -0.2) is 53.9 Å². The topological polar surface area (TPSA) is 96.2 Å². The SMILES string of the molecule is CCS(=O)(=O)CCn1cc(C)c(-c2cnc(OC)nc2OC)n1. The average Bonchev–Trinajstić information content (AvgIpc) is 2.93. The van der Waals surface area contributed by atoms with Crippen LogP contribution in [0.15, 0.2) is 12.4 Å². The lowest BCUT2D eigenvalue weighted by Gasteiger charge is -2.07. The first-order chi connectivity index (χ1) is 10.9. The summed E-state index contributed by atoms with van der Waals surface area (Å²) in [4.78, 5) is 8.21. The van der Waals surface area contributed by atoms with Crippen molar-refractivity contribution in [1.82, 2.24) is 19.7 Å². The van der Waals surface area contributed by atoms with E-state index >= 15 is 0 Å². The molecular formula is C14H20N4O4S. The summed E-state index contributed by atoms with van der Waals surface area (Å²) in [7, 11) is -0.0543. The van der Waals surface area contributed by atoms with Crippen molar-refractivity contribution in [1.29, 1.82) is 0 Å². The molecule has 2 heterocycles. The van der Waals surface area contributed by atoms with Crippen LogP contribution in [0.25, 0.3) is 11.3 Å². The number of hydrogen-bond acceptors (Lipinski definition) is 7. The fourth-order valence-electron chi connectivity index (χ4n) is 2.05. The Labute approximate surface area is 135 Å². The molecule has 0 N–H and O–H groups in total. The van der Waals surface area contributed by atoms with E-state index in [1.807, 2.05) is 6.92 Å². The Morgan fingerprint density at radius 3 is 2.61 bits per heavy atom. The molecule has 0 spiro atoms. The number of aryl methyl sites for hydroxylation is 2. The van der Waals surface area contributed by atoms with E-state index in [2.05, 4.69) is 15.1 Å². The second-order valence-electron chi connectivity index (χ2n) is 4.94. The number of aromatic nitrogens is 4. The first-order valence-corrected chi connectivity index (χ1v) is 8.92. The fraction of sp³-hybridized carbons (Fsp3) is 0.500. The van der Waals surface area contributed by atoms with Crippen molar-refractivity contribution in [3.8, 4) is 23.1 Å². The van der Waals surface area contributed by atoms with E-state index in [9.17, 15) is 8.42 Å². The lowest BCUT2D eigenvalue weighted by atomic mass is 10.1. The highest BCUT2D eigenvalue weighted by molar-refractivity contribution is 7.91. The summed E-state index contributed by atoms with van der Waals surface area (Å²) in [6.07, 6.45) is 3.37. The second kappa shape index (κ2) is 6.95. The van der Waals surface area contributed by atoms with Gasteiger partial charge in [-0.3, -0.25) is 4.68 Å². The molecule has 126 valence electrons. The van der Waals surface area contributed by atoms with Gasteiger partial charge in [0.25, 0.3) is 0 Å². The first-order valence-electron chi connectivity index (χ1n) is 7.10. The summed E-state index contributed by atoms with van der Waals surface area (Å²) in [6.45, 7) is 3.82. The van der Waals surface area contributed by atoms with Gasteiger partial charge in [-0.1, -0.05) is 6.92 Å². The van der Waals surface area contributed by atoms with Crippen molar-refractivity contribution >= 4 is 9.84 Å². The standard InChI is InChI=1S/C14H20N4O4S/c1-5-23(19,20)7-6-18-9-10(2)12(17-18)11-8-15-14(22-4)16-13(11)21-3/h8-9H,5-7H2,1-4H3. The lowest BCUT2D eigenvalue weighted by molar-refractivity contribution is 0.353. The van der Waals surface area contributed by atoms with Crippen molar-refractivity contribution in [2.75, 3.05) is 25.7 Å². The number of methoxy groups -OCH3 is 2. The Bertz CT molecular complexity index is 786. The number of rotatable bonds is 7. The summed E-state index contributed by atoms with van der Waals surface area (Å²) in [6, 6.07) is 0.205. The predicted octanol–water partition coefficient (Wildman–Crippen LogP) is 1.10. The van der Waals surface area contributed by atoms with Crippen LogP contribution in [0.2, 0.25) is 0 Å². The molecule has 0 saturated carbocycles. The first kappa shape index (κ1) is 17.2. The minimum absolute atomic E-state index is 0.0559. The van der Waals surface area contributed by atoms with Crippen molar-refractivity contribution in [2.24, 2.45) is 0 Å². The molecule has 0 amide bonds. The maximum atomic E-state index is 11.6. The Hall–Kier alpha value is -2.16. The van der Waals surface area contributed by atoms with Crippen molar-refractivity contribution in [2.45, 2.75) is 20.4 Å². The highest BCUT2D eigenvalue weighted by Gasteiger charge is 2.17. The quantitative estimate of drug-likeness (QED) is 0.744. The smallest absolute Gasteiger partial charge is 0.319 e. The van der Waals surface area contributed by atoms with E-state index in [0.29, 0.717) is 23.7 Å². The van der Waals surface area contributed by atoms with Crippen molar-refractivity contribution in [3.63, 3.8) is 0 Å². The molecule has 0 fully saturated rings. The maximum Gasteiger partial charge on any atom is 0.319 e. The zero-order valence-electron chi connectivity index (χ0n) is 13.6. The van der Waals surface area contributed by atoms with E-state index in [4.69, 9.17) is 9.47 Å². The Morgan fingerprint density at radius 2 is 2.00 bits per heavy atom. The van der Waals surface area contributed by atoms with Crippen molar-refractivity contribution < 1.29 is 17.9 Å². The molecule has 23 heavy (non-hydrogen) atoms. The van der Waals surface area contributed by atoms with Gasteiger partial charge in [0.1, 0.15) is 5.69 Å².